The molecule has 1 saturated heterocycles. The molecule has 3 N–H and O–H groups in total. The summed E-state index contributed by atoms with van der Waals surface area (Å²) in [6.07, 6.45) is 2.33. The zero-order valence-corrected chi connectivity index (χ0v) is 6.99. The molecule has 0 amide bonds. The third-order valence-electron chi connectivity index (χ3n) is 1.96. The van der Waals surface area contributed by atoms with Gasteiger partial charge >= 0.3 is 11.9 Å². The molecule has 0 aliphatic carbocycles. The highest BCUT2D eigenvalue weighted by atomic mass is 16.4. The van der Waals surface area contributed by atoms with E-state index in [4.69, 9.17) is 10.2 Å². The number of aliphatic carboxylic acids is 2. The minimum absolute atomic E-state index is 0.0648. The number of hydrogen-bond donors (Lipinski definition) is 3. The van der Waals surface area contributed by atoms with E-state index >= 15 is 0 Å². The topological polar surface area (TPSA) is 86.6 Å². The number of hydrogen-bond acceptors (Lipinski definition) is 3. The average molecular weight is 185 g/mol. The lowest BCUT2D eigenvalue weighted by molar-refractivity contribution is -0.135. The Balaban J connectivity index is 2.78. The zero-order chi connectivity index (χ0) is 9.84. The molecule has 5 heteroatoms. The van der Waals surface area contributed by atoms with Gasteiger partial charge in [0.2, 0.25) is 0 Å². The molecule has 1 unspecified atom stereocenters. The van der Waals surface area contributed by atoms with Crippen molar-refractivity contribution in [1.82, 2.24) is 5.32 Å². The fourth-order valence-corrected chi connectivity index (χ4v) is 1.39. The second kappa shape index (κ2) is 4.04. The highest BCUT2D eigenvalue weighted by Gasteiger charge is 2.24. The smallest absolute Gasteiger partial charge is 0.333 e. The van der Waals surface area contributed by atoms with E-state index in [9.17, 15) is 9.59 Å². The summed E-state index contributed by atoms with van der Waals surface area (Å²) >= 11 is 0. The summed E-state index contributed by atoms with van der Waals surface area (Å²) in [4.78, 5) is 21.0. The molecule has 1 rings (SSSR count). The highest BCUT2D eigenvalue weighted by molar-refractivity contribution is 5.95. The molecule has 1 aliphatic heterocycles. The van der Waals surface area contributed by atoms with Crippen molar-refractivity contribution in [2.75, 3.05) is 6.54 Å². The molecule has 5 nitrogen and oxygen atoms in total. The average Bonchev–Trinajstić information content (AvgIpc) is 2.50. The molecule has 1 heterocycles. The maximum absolute atomic E-state index is 10.7. The lowest BCUT2D eigenvalue weighted by atomic mass is 10.1. The van der Waals surface area contributed by atoms with Gasteiger partial charge in [0.1, 0.15) is 0 Å². The van der Waals surface area contributed by atoms with Crippen LogP contribution in [0.4, 0.5) is 0 Å². The van der Waals surface area contributed by atoms with E-state index in [0.717, 1.165) is 19.0 Å². The predicted octanol–water partition coefficient (Wildman–Crippen LogP) is -0.166. The second-order valence-electron chi connectivity index (χ2n) is 2.89. The largest absolute Gasteiger partial charge is 0.478 e. The Morgan fingerprint density at radius 1 is 1.38 bits per heavy atom. The lowest BCUT2D eigenvalue weighted by Gasteiger charge is -2.09. The molecular formula is C8H11NO4. The number of rotatable bonds is 3. The molecule has 1 aliphatic rings. The van der Waals surface area contributed by atoms with Gasteiger partial charge in [-0.25, -0.2) is 9.59 Å². The van der Waals surface area contributed by atoms with Crippen LogP contribution in [-0.4, -0.2) is 34.7 Å². The van der Waals surface area contributed by atoms with Gasteiger partial charge in [0.15, 0.2) is 0 Å². The van der Waals surface area contributed by atoms with Crippen LogP contribution in [0.3, 0.4) is 0 Å². The van der Waals surface area contributed by atoms with E-state index in [1.807, 2.05) is 0 Å². The minimum atomic E-state index is -1.22. The van der Waals surface area contributed by atoms with E-state index in [-0.39, 0.29) is 11.6 Å². The quantitative estimate of drug-likeness (QED) is 0.531. The van der Waals surface area contributed by atoms with Crippen LogP contribution < -0.4 is 5.32 Å². The fourth-order valence-electron chi connectivity index (χ4n) is 1.39. The van der Waals surface area contributed by atoms with Gasteiger partial charge in [-0.2, -0.15) is 0 Å². The van der Waals surface area contributed by atoms with Crippen LogP contribution in [-0.2, 0) is 9.59 Å². The molecule has 1 atom stereocenters. The molecule has 0 spiro atoms. The third kappa shape index (κ3) is 2.55. The third-order valence-corrected chi connectivity index (χ3v) is 1.96. The van der Waals surface area contributed by atoms with Crippen LogP contribution >= 0.6 is 0 Å². The molecule has 0 saturated carbocycles. The van der Waals surface area contributed by atoms with Crippen LogP contribution in [0.15, 0.2) is 11.6 Å². The van der Waals surface area contributed by atoms with Gasteiger partial charge in [0.05, 0.1) is 5.57 Å². The molecule has 72 valence electrons. The van der Waals surface area contributed by atoms with Crippen molar-refractivity contribution < 1.29 is 19.8 Å². The summed E-state index contributed by atoms with van der Waals surface area (Å²) in [5, 5.41) is 20.1. The Labute approximate surface area is 75.1 Å². The molecule has 13 heavy (non-hydrogen) atoms. The number of carboxylic acid groups (broad SMARTS) is 2. The maximum atomic E-state index is 10.7. The minimum Gasteiger partial charge on any atom is -0.478 e. The summed E-state index contributed by atoms with van der Waals surface area (Å²) in [6.45, 7) is 0.745. The van der Waals surface area contributed by atoms with Crippen molar-refractivity contribution in [1.29, 1.82) is 0 Å². The number of carboxylic acids is 2. The van der Waals surface area contributed by atoms with Gasteiger partial charge in [-0.15, -0.1) is 0 Å². The van der Waals surface area contributed by atoms with E-state index in [1.165, 1.54) is 0 Å². The van der Waals surface area contributed by atoms with Crippen molar-refractivity contribution in [3.63, 3.8) is 0 Å². The second-order valence-corrected chi connectivity index (χ2v) is 2.89. The first-order chi connectivity index (χ1) is 6.11. The fraction of sp³-hybridized carbons (Fsp3) is 0.500. The van der Waals surface area contributed by atoms with Crippen LogP contribution in [0, 0.1) is 0 Å². The van der Waals surface area contributed by atoms with Crippen molar-refractivity contribution in [2.45, 2.75) is 18.9 Å². The highest BCUT2D eigenvalue weighted by Crippen LogP contribution is 2.14. The van der Waals surface area contributed by atoms with Gasteiger partial charge in [0.25, 0.3) is 0 Å². The molecule has 0 aromatic carbocycles. The Morgan fingerprint density at radius 3 is 2.46 bits per heavy atom. The number of carbonyl (C=O) groups is 2. The van der Waals surface area contributed by atoms with E-state index < -0.39 is 11.9 Å². The summed E-state index contributed by atoms with van der Waals surface area (Å²) in [6, 6.07) is -0.311. The van der Waals surface area contributed by atoms with Crippen LogP contribution in [0.1, 0.15) is 12.8 Å². The SMILES string of the molecule is O=C(O)C=C(C(=O)O)C1CCCN1. The summed E-state index contributed by atoms with van der Waals surface area (Å²) in [5.41, 5.74) is -0.0648. The van der Waals surface area contributed by atoms with Crippen molar-refractivity contribution in [3.05, 3.63) is 11.6 Å². The van der Waals surface area contributed by atoms with E-state index in [1.54, 1.807) is 0 Å². The van der Waals surface area contributed by atoms with E-state index in [2.05, 4.69) is 5.32 Å². The Bertz CT molecular complexity index is 253. The molecule has 0 radical (unpaired) electrons. The van der Waals surface area contributed by atoms with Crippen molar-refractivity contribution in [3.8, 4) is 0 Å². The van der Waals surface area contributed by atoms with Gasteiger partial charge < -0.3 is 15.5 Å². The molecule has 0 aromatic rings. The molecule has 0 bridgehead atoms. The van der Waals surface area contributed by atoms with Crippen LogP contribution in [0.5, 0.6) is 0 Å². The van der Waals surface area contributed by atoms with Gasteiger partial charge in [0, 0.05) is 12.1 Å². The number of nitrogens with one attached hydrogen (secondary N) is 1. The van der Waals surface area contributed by atoms with E-state index in [0.29, 0.717) is 6.42 Å². The van der Waals surface area contributed by atoms with Gasteiger partial charge in [-0.3, -0.25) is 0 Å². The molecule has 1 fully saturated rings. The Kier molecular flexibility index (Phi) is 3.02. The molecular weight excluding hydrogens is 174 g/mol. The Hall–Kier alpha value is -1.36. The zero-order valence-electron chi connectivity index (χ0n) is 6.99. The standard InChI is InChI=1S/C8H11NO4/c10-7(11)4-5(8(12)13)6-2-1-3-9-6/h4,6,9H,1-3H2,(H,10,11)(H,12,13). The van der Waals surface area contributed by atoms with Crippen molar-refractivity contribution >= 4 is 11.9 Å². The lowest BCUT2D eigenvalue weighted by Crippen LogP contribution is -2.28. The van der Waals surface area contributed by atoms with Crippen LogP contribution in [0.2, 0.25) is 0 Å². The summed E-state index contributed by atoms with van der Waals surface area (Å²) in [7, 11) is 0. The normalized spacial score (nSPS) is 23.1. The first-order valence-corrected chi connectivity index (χ1v) is 4.02. The first-order valence-electron chi connectivity index (χ1n) is 4.02. The summed E-state index contributed by atoms with van der Waals surface area (Å²) in [5.74, 6) is -2.38. The summed E-state index contributed by atoms with van der Waals surface area (Å²) < 4.78 is 0. The first kappa shape index (κ1) is 9.73. The maximum Gasteiger partial charge on any atom is 0.333 e. The van der Waals surface area contributed by atoms with Gasteiger partial charge in [-0.05, 0) is 19.4 Å². The van der Waals surface area contributed by atoms with Gasteiger partial charge in [-0.1, -0.05) is 0 Å². The van der Waals surface area contributed by atoms with Crippen molar-refractivity contribution in [2.24, 2.45) is 0 Å². The van der Waals surface area contributed by atoms with Crippen LogP contribution in [0.25, 0.3) is 0 Å². The Morgan fingerprint density at radius 2 is 2.08 bits per heavy atom. The molecule has 0 aromatic heterocycles. The predicted molar refractivity (Wildman–Crippen MR) is 44.4 cm³/mol. The monoisotopic (exact) mass is 185 g/mol.